The highest BCUT2D eigenvalue weighted by Crippen LogP contribution is 2.06. The third-order valence-corrected chi connectivity index (χ3v) is 3.17. The highest BCUT2D eigenvalue weighted by atomic mass is 16.4. The van der Waals surface area contributed by atoms with Gasteiger partial charge in [-0.25, -0.2) is 4.79 Å². The Balaban J connectivity index is 2.35. The Morgan fingerprint density at radius 3 is 2.17 bits per heavy atom. The molecule has 0 aromatic heterocycles. The number of carboxylic acids is 1. The van der Waals surface area contributed by atoms with Crippen molar-refractivity contribution in [1.29, 1.82) is 0 Å². The van der Waals surface area contributed by atoms with Gasteiger partial charge in [0.2, 0.25) is 0 Å². The van der Waals surface area contributed by atoms with Crippen LogP contribution >= 0.6 is 0 Å². The lowest BCUT2D eigenvalue weighted by Gasteiger charge is -2.36. The zero-order chi connectivity index (χ0) is 13.7. The molecule has 1 atom stereocenters. The van der Waals surface area contributed by atoms with E-state index in [4.69, 9.17) is 5.11 Å². The number of aliphatic carboxylic acids is 1. The number of hydrogen-bond donors (Lipinski definition) is 2. The van der Waals surface area contributed by atoms with Gasteiger partial charge in [0.15, 0.2) is 0 Å². The summed E-state index contributed by atoms with van der Waals surface area (Å²) in [5.74, 6) is -0.380. The molecule has 0 aliphatic carbocycles. The first-order valence-corrected chi connectivity index (χ1v) is 6.41. The number of piperazine rings is 1. The minimum absolute atomic E-state index is 0.0497. The molecule has 0 radical (unpaired) electrons. The molecule has 1 fully saturated rings. The fourth-order valence-electron chi connectivity index (χ4n) is 1.87. The monoisotopic (exact) mass is 257 g/mol. The van der Waals surface area contributed by atoms with E-state index in [0.717, 1.165) is 0 Å². The highest BCUT2D eigenvalue weighted by molar-refractivity contribution is 5.74. The molecule has 1 saturated heterocycles. The van der Waals surface area contributed by atoms with Crippen LogP contribution in [0.1, 0.15) is 20.8 Å². The molecule has 0 spiro atoms. The van der Waals surface area contributed by atoms with E-state index < -0.39 is 12.0 Å². The first kappa shape index (κ1) is 14.8. The maximum atomic E-state index is 11.8. The number of amides is 2. The summed E-state index contributed by atoms with van der Waals surface area (Å²) in [4.78, 5) is 26.3. The van der Waals surface area contributed by atoms with Gasteiger partial charge in [0.05, 0.1) is 0 Å². The molecule has 1 heterocycles. The van der Waals surface area contributed by atoms with Crippen LogP contribution in [-0.2, 0) is 4.79 Å². The fraction of sp³-hybridized carbons (Fsp3) is 0.833. The Morgan fingerprint density at radius 1 is 1.17 bits per heavy atom. The molecule has 18 heavy (non-hydrogen) atoms. The molecule has 0 saturated carbocycles. The van der Waals surface area contributed by atoms with Gasteiger partial charge in [-0.15, -0.1) is 0 Å². The molecule has 1 aliphatic heterocycles. The van der Waals surface area contributed by atoms with E-state index in [2.05, 4.69) is 5.32 Å². The molecule has 104 valence electrons. The second-order valence-corrected chi connectivity index (χ2v) is 5.12. The summed E-state index contributed by atoms with van der Waals surface area (Å²) < 4.78 is 0. The van der Waals surface area contributed by atoms with Gasteiger partial charge in [-0.3, -0.25) is 9.69 Å². The van der Waals surface area contributed by atoms with Crippen molar-refractivity contribution in [2.24, 2.45) is 5.92 Å². The first-order valence-electron chi connectivity index (χ1n) is 6.41. The van der Waals surface area contributed by atoms with E-state index in [1.54, 1.807) is 11.8 Å². The molecule has 0 aromatic carbocycles. The largest absolute Gasteiger partial charge is 0.480 e. The molecule has 2 N–H and O–H groups in total. The lowest BCUT2D eigenvalue weighted by atomic mass is 10.2. The summed E-state index contributed by atoms with van der Waals surface area (Å²) in [7, 11) is 0. The van der Waals surface area contributed by atoms with Gasteiger partial charge in [0.1, 0.15) is 6.04 Å². The Bertz CT molecular complexity index is 299. The van der Waals surface area contributed by atoms with Crippen molar-refractivity contribution in [2.45, 2.75) is 26.8 Å². The zero-order valence-corrected chi connectivity index (χ0v) is 11.3. The van der Waals surface area contributed by atoms with E-state index in [1.807, 2.05) is 18.7 Å². The molecule has 0 bridgehead atoms. The standard InChI is InChI=1S/C12H23N3O3/c1-9(2)8-13-12(18)15-6-4-14(5-7-15)10(3)11(16)17/h9-10H,4-8H2,1-3H3,(H,13,18)(H,16,17). The molecule has 6 nitrogen and oxygen atoms in total. The van der Waals surface area contributed by atoms with Crippen molar-refractivity contribution < 1.29 is 14.7 Å². The van der Waals surface area contributed by atoms with E-state index in [-0.39, 0.29) is 6.03 Å². The number of nitrogens with zero attached hydrogens (tertiary/aromatic N) is 2. The Labute approximate surface area is 108 Å². The molecular formula is C12H23N3O3. The van der Waals surface area contributed by atoms with Crippen LogP contribution in [0.2, 0.25) is 0 Å². The summed E-state index contributed by atoms with van der Waals surface area (Å²) in [5.41, 5.74) is 0. The lowest BCUT2D eigenvalue weighted by Crippen LogP contribution is -2.55. The quantitative estimate of drug-likeness (QED) is 0.766. The average molecular weight is 257 g/mol. The Kier molecular flexibility index (Phi) is 5.40. The molecule has 1 unspecified atom stereocenters. The number of carbonyl (C=O) groups excluding carboxylic acids is 1. The predicted molar refractivity (Wildman–Crippen MR) is 68.5 cm³/mol. The zero-order valence-electron chi connectivity index (χ0n) is 11.3. The SMILES string of the molecule is CC(C)CNC(=O)N1CCN(C(C)C(=O)O)CC1. The van der Waals surface area contributed by atoms with Crippen LogP contribution in [0.3, 0.4) is 0 Å². The topological polar surface area (TPSA) is 72.9 Å². The number of urea groups is 1. The average Bonchev–Trinajstić information content (AvgIpc) is 2.35. The lowest BCUT2D eigenvalue weighted by molar-refractivity contribution is -0.143. The van der Waals surface area contributed by atoms with Crippen LogP contribution < -0.4 is 5.32 Å². The van der Waals surface area contributed by atoms with Crippen molar-refractivity contribution in [3.63, 3.8) is 0 Å². The third kappa shape index (κ3) is 4.18. The minimum Gasteiger partial charge on any atom is -0.480 e. The molecule has 2 amide bonds. The number of carbonyl (C=O) groups is 2. The summed E-state index contributed by atoms with van der Waals surface area (Å²) in [6.07, 6.45) is 0. The van der Waals surface area contributed by atoms with Crippen LogP contribution in [0.15, 0.2) is 0 Å². The summed E-state index contributed by atoms with van der Waals surface area (Å²) in [6, 6.07) is -0.530. The van der Waals surface area contributed by atoms with Gasteiger partial charge in [-0.2, -0.15) is 0 Å². The second kappa shape index (κ2) is 6.58. The molecule has 1 aliphatic rings. The molecule has 1 rings (SSSR count). The van der Waals surface area contributed by atoms with Gasteiger partial charge in [-0.05, 0) is 12.8 Å². The Morgan fingerprint density at radius 2 is 1.72 bits per heavy atom. The highest BCUT2D eigenvalue weighted by Gasteiger charge is 2.26. The van der Waals surface area contributed by atoms with Gasteiger partial charge in [0.25, 0.3) is 0 Å². The number of carboxylic acid groups (broad SMARTS) is 1. The van der Waals surface area contributed by atoms with E-state index in [0.29, 0.717) is 38.6 Å². The minimum atomic E-state index is -0.812. The maximum absolute atomic E-state index is 11.8. The second-order valence-electron chi connectivity index (χ2n) is 5.12. The molecule has 6 heteroatoms. The smallest absolute Gasteiger partial charge is 0.320 e. The molecule has 0 aromatic rings. The normalized spacial score (nSPS) is 18.8. The summed E-state index contributed by atoms with van der Waals surface area (Å²) >= 11 is 0. The van der Waals surface area contributed by atoms with E-state index in [1.165, 1.54) is 0 Å². The number of hydrogen-bond acceptors (Lipinski definition) is 3. The van der Waals surface area contributed by atoms with Crippen molar-refractivity contribution in [2.75, 3.05) is 32.7 Å². The van der Waals surface area contributed by atoms with Crippen molar-refractivity contribution in [3.8, 4) is 0 Å². The maximum Gasteiger partial charge on any atom is 0.320 e. The van der Waals surface area contributed by atoms with E-state index in [9.17, 15) is 9.59 Å². The number of nitrogens with one attached hydrogen (secondary N) is 1. The van der Waals surface area contributed by atoms with Crippen LogP contribution in [-0.4, -0.2) is 65.7 Å². The van der Waals surface area contributed by atoms with Crippen LogP contribution in [0.4, 0.5) is 4.79 Å². The van der Waals surface area contributed by atoms with Crippen LogP contribution in [0, 0.1) is 5.92 Å². The van der Waals surface area contributed by atoms with Crippen molar-refractivity contribution in [1.82, 2.24) is 15.1 Å². The summed E-state index contributed by atoms with van der Waals surface area (Å²) in [6.45, 7) is 8.84. The fourth-order valence-corrected chi connectivity index (χ4v) is 1.87. The third-order valence-electron chi connectivity index (χ3n) is 3.17. The van der Waals surface area contributed by atoms with Crippen LogP contribution in [0.25, 0.3) is 0 Å². The summed E-state index contributed by atoms with van der Waals surface area (Å²) in [5, 5.41) is 11.8. The van der Waals surface area contributed by atoms with Gasteiger partial charge in [0, 0.05) is 32.7 Å². The number of rotatable bonds is 4. The van der Waals surface area contributed by atoms with Gasteiger partial charge >= 0.3 is 12.0 Å². The Hall–Kier alpha value is -1.30. The predicted octanol–water partition coefficient (Wildman–Crippen LogP) is 0.443. The van der Waals surface area contributed by atoms with E-state index >= 15 is 0 Å². The molecular weight excluding hydrogens is 234 g/mol. The van der Waals surface area contributed by atoms with Gasteiger partial charge in [-0.1, -0.05) is 13.8 Å². The van der Waals surface area contributed by atoms with Gasteiger partial charge < -0.3 is 15.3 Å². The van der Waals surface area contributed by atoms with Crippen molar-refractivity contribution in [3.05, 3.63) is 0 Å². The first-order chi connectivity index (χ1) is 8.41. The van der Waals surface area contributed by atoms with Crippen LogP contribution in [0.5, 0.6) is 0 Å². The van der Waals surface area contributed by atoms with Crippen molar-refractivity contribution >= 4 is 12.0 Å².